The van der Waals surface area contributed by atoms with Crippen molar-refractivity contribution in [2.45, 2.75) is 38.6 Å². The Labute approximate surface area is 217 Å². The highest BCUT2D eigenvalue weighted by molar-refractivity contribution is 7.18. The first-order valence-electron chi connectivity index (χ1n) is 12.3. The maximum absolute atomic E-state index is 13.4. The second-order valence-electron chi connectivity index (χ2n) is 10.2. The van der Waals surface area contributed by atoms with Crippen molar-refractivity contribution in [2.75, 3.05) is 32.5 Å². The molecule has 0 aliphatic carbocycles. The summed E-state index contributed by atoms with van der Waals surface area (Å²) < 4.78 is 6.06. The number of pyridine rings is 1. The van der Waals surface area contributed by atoms with E-state index in [4.69, 9.17) is 9.51 Å². The molecule has 2 N–H and O–H groups in total. The summed E-state index contributed by atoms with van der Waals surface area (Å²) in [5.41, 5.74) is 1.83. The Balaban J connectivity index is 1.38. The van der Waals surface area contributed by atoms with E-state index in [9.17, 15) is 14.4 Å². The molecule has 0 bridgehead atoms. The Kier molecular flexibility index (Phi) is 6.82. The van der Waals surface area contributed by atoms with E-state index in [0.717, 1.165) is 40.2 Å². The predicted octanol–water partition coefficient (Wildman–Crippen LogP) is 3.73. The number of rotatable bonds is 5. The highest BCUT2D eigenvalue weighted by atomic mass is 32.1. The molecule has 4 aromatic rings. The van der Waals surface area contributed by atoms with Gasteiger partial charge in [0, 0.05) is 19.0 Å². The van der Waals surface area contributed by atoms with Crippen LogP contribution in [0, 0.1) is 5.92 Å². The molecule has 1 aliphatic heterocycles. The van der Waals surface area contributed by atoms with Crippen LogP contribution in [-0.4, -0.2) is 63.9 Å². The van der Waals surface area contributed by atoms with E-state index in [1.807, 2.05) is 6.07 Å². The molecule has 0 radical (unpaired) electrons. The molecule has 1 aromatic carbocycles. The molecular weight excluding hydrogens is 492 g/mol. The molecule has 1 saturated heterocycles. The lowest BCUT2D eigenvalue weighted by Gasteiger charge is -2.38. The number of aromatic nitrogens is 3. The highest BCUT2D eigenvalue weighted by Gasteiger charge is 2.34. The third-order valence-corrected chi connectivity index (χ3v) is 8.01. The first-order valence-corrected chi connectivity index (χ1v) is 13.2. The zero-order valence-corrected chi connectivity index (χ0v) is 22.1. The van der Waals surface area contributed by atoms with E-state index in [2.05, 4.69) is 60.4 Å². The first kappa shape index (κ1) is 25.1. The fourth-order valence-corrected chi connectivity index (χ4v) is 5.95. The summed E-state index contributed by atoms with van der Waals surface area (Å²) in [6.45, 7) is 5.66. The molecule has 0 spiro atoms. The van der Waals surface area contributed by atoms with Gasteiger partial charge in [0.05, 0.1) is 33.2 Å². The van der Waals surface area contributed by atoms with Gasteiger partial charge in [-0.15, -0.1) is 11.3 Å². The second kappa shape index (κ2) is 10.1. The zero-order chi connectivity index (χ0) is 26.3. The summed E-state index contributed by atoms with van der Waals surface area (Å²) >= 11 is 1.70. The molecule has 3 atom stereocenters. The molecule has 11 heteroatoms. The molecule has 5 rings (SSSR count). The van der Waals surface area contributed by atoms with Gasteiger partial charge in [-0.3, -0.25) is 14.4 Å². The lowest BCUT2D eigenvalue weighted by Crippen LogP contribution is -2.46. The van der Waals surface area contributed by atoms with Crippen LogP contribution in [0.4, 0.5) is 5.69 Å². The van der Waals surface area contributed by atoms with Crippen molar-refractivity contribution in [1.29, 1.82) is 0 Å². The number of anilines is 1. The molecule has 2 amide bonds. The number of carbonyl (C=O) groups excluding carboxylic acids is 2. The molecule has 0 saturated carbocycles. The normalized spacial score (nSPS) is 19.0. The van der Waals surface area contributed by atoms with Gasteiger partial charge in [-0.1, -0.05) is 19.9 Å². The van der Waals surface area contributed by atoms with Crippen LogP contribution >= 0.6 is 11.3 Å². The predicted molar refractivity (Wildman–Crippen MR) is 143 cm³/mol. The number of H-pyrrole nitrogens is 1. The van der Waals surface area contributed by atoms with Crippen LogP contribution in [0.5, 0.6) is 0 Å². The molecular formula is C26H30N6O4S. The molecule has 3 aromatic heterocycles. The van der Waals surface area contributed by atoms with E-state index in [1.165, 1.54) is 12.3 Å². The van der Waals surface area contributed by atoms with Gasteiger partial charge in [0.15, 0.2) is 0 Å². The van der Waals surface area contributed by atoms with Crippen molar-refractivity contribution in [1.82, 2.24) is 24.9 Å². The van der Waals surface area contributed by atoms with E-state index < -0.39 is 17.4 Å². The van der Waals surface area contributed by atoms with Gasteiger partial charge in [-0.25, -0.2) is 9.97 Å². The Bertz CT molecular complexity index is 1520. The van der Waals surface area contributed by atoms with Crippen LogP contribution in [0.25, 0.3) is 21.3 Å². The summed E-state index contributed by atoms with van der Waals surface area (Å²) in [4.78, 5) is 50.9. The molecule has 0 unspecified atom stereocenters. The van der Waals surface area contributed by atoms with Crippen molar-refractivity contribution in [3.8, 4) is 0 Å². The number of benzene rings is 1. The average Bonchev–Trinajstić information content (AvgIpc) is 3.46. The van der Waals surface area contributed by atoms with Gasteiger partial charge >= 0.3 is 11.8 Å². The SMILES string of the molecule is C[C@H]1CC[C@H](c2ccc3sc([C@@H](C)CN(C)C)nc3c2)N(C(=O)C(=O)Nc2cnc3o[nH]c(=O)c3c2)C1. The van der Waals surface area contributed by atoms with Gasteiger partial charge < -0.3 is 19.6 Å². The summed E-state index contributed by atoms with van der Waals surface area (Å²) in [6.07, 6.45) is 3.07. The number of nitrogens with zero attached hydrogens (tertiary/aromatic N) is 4. The maximum Gasteiger partial charge on any atom is 0.313 e. The number of carbonyl (C=O) groups is 2. The molecule has 1 aliphatic rings. The van der Waals surface area contributed by atoms with E-state index >= 15 is 0 Å². The Morgan fingerprint density at radius 1 is 1.30 bits per heavy atom. The first-order chi connectivity index (χ1) is 17.7. The number of amides is 2. The Morgan fingerprint density at radius 2 is 2.11 bits per heavy atom. The topological polar surface area (TPSA) is 124 Å². The lowest BCUT2D eigenvalue weighted by atomic mass is 9.89. The number of likely N-dealkylation sites (N-methyl/N-ethyl adjacent to an activating group) is 1. The fourth-order valence-electron chi connectivity index (χ4n) is 4.96. The van der Waals surface area contributed by atoms with Crippen molar-refractivity contribution in [3.63, 3.8) is 0 Å². The van der Waals surface area contributed by atoms with Gasteiger partial charge in [0.25, 0.3) is 11.3 Å². The van der Waals surface area contributed by atoms with Crippen LogP contribution in [0.3, 0.4) is 0 Å². The van der Waals surface area contributed by atoms with E-state index in [1.54, 1.807) is 16.2 Å². The Hall–Kier alpha value is -3.57. The second-order valence-corrected chi connectivity index (χ2v) is 11.2. The summed E-state index contributed by atoms with van der Waals surface area (Å²) in [7, 11) is 4.11. The van der Waals surface area contributed by atoms with Crippen molar-refractivity contribution < 1.29 is 14.1 Å². The summed E-state index contributed by atoms with van der Waals surface area (Å²) in [5.74, 6) is -0.789. The van der Waals surface area contributed by atoms with E-state index in [0.29, 0.717) is 12.5 Å². The highest BCUT2D eigenvalue weighted by Crippen LogP contribution is 2.36. The fraction of sp³-hybridized carbons (Fsp3) is 0.423. The van der Waals surface area contributed by atoms with Gasteiger partial charge in [-0.2, -0.15) is 5.16 Å². The maximum atomic E-state index is 13.4. The number of fused-ring (bicyclic) bond motifs is 2. The number of likely N-dealkylation sites (tertiary alicyclic amines) is 1. The quantitative estimate of drug-likeness (QED) is 0.383. The summed E-state index contributed by atoms with van der Waals surface area (Å²) in [6, 6.07) is 7.39. The van der Waals surface area contributed by atoms with Crippen LogP contribution < -0.4 is 10.9 Å². The number of aromatic amines is 1. The Morgan fingerprint density at radius 3 is 2.89 bits per heavy atom. The van der Waals surface area contributed by atoms with E-state index in [-0.39, 0.29) is 28.7 Å². The molecule has 1 fully saturated rings. The van der Waals surface area contributed by atoms with Gasteiger partial charge in [0.1, 0.15) is 5.39 Å². The minimum absolute atomic E-state index is 0.135. The number of nitrogens with one attached hydrogen (secondary N) is 2. The van der Waals surface area contributed by atoms with Crippen LogP contribution in [0.2, 0.25) is 0 Å². The van der Waals surface area contributed by atoms with Crippen molar-refractivity contribution >= 4 is 50.2 Å². The standard InChI is InChI=1S/C26H30N6O4S/c1-14-5-7-20(16-6-8-21-19(9-16)29-25(37-21)15(2)13-31(3)4)32(12-14)26(35)23(34)28-17-10-18-22(33)30-36-24(18)27-11-17/h6,8-11,14-15,20H,5,7,12-13H2,1-4H3,(H,28,34)(H,30,33)/t14-,15-,20+/m0/s1. The van der Waals surface area contributed by atoms with Gasteiger partial charge in [-0.05, 0) is 56.6 Å². The number of piperidine rings is 1. The van der Waals surface area contributed by atoms with Gasteiger partial charge in [0.2, 0.25) is 0 Å². The molecule has 37 heavy (non-hydrogen) atoms. The zero-order valence-electron chi connectivity index (χ0n) is 21.3. The van der Waals surface area contributed by atoms with Crippen LogP contribution in [0.15, 0.2) is 39.8 Å². The number of hydrogen-bond donors (Lipinski definition) is 2. The number of thiazole rings is 1. The summed E-state index contributed by atoms with van der Waals surface area (Å²) in [5, 5.41) is 6.09. The van der Waals surface area contributed by atoms with Crippen molar-refractivity contribution in [2.24, 2.45) is 5.92 Å². The van der Waals surface area contributed by atoms with Crippen LogP contribution in [-0.2, 0) is 9.59 Å². The smallest absolute Gasteiger partial charge is 0.313 e. The molecule has 194 valence electrons. The molecule has 10 nitrogen and oxygen atoms in total. The third-order valence-electron chi connectivity index (χ3n) is 6.74. The third kappa shape index (κ3) is 5.14. The minimum Gasteiger partial charge on any atom is -0.358 e. The molecule has 4 heterocycles. The van der Waals surface area contributed by atoms with Crippen LogP contribution in [0.1, 0.15) is 49.2 Å². The monoisotopic (exact) mass is 522 g/mol. The lowest BCUT2D eigenvalue weighted by molar-refractivity contribution is -0.146. The largest absolute Gasteiger partial charge is 0.358 e. The minimum atomic E-state index is -0.769. The van der Waals surface area contributed by atoms with Crippen molar-refractivity contribution in [3.05, 3.63) is 51.4 Å². The average molecular weight is 523 g/mol. The number of hydrogen-bond acceptors (Lipinski definition) is 8.